The van der Waals surface area contributed by atoms with Gasteiger partial charge < -0.3 is 0 Å². The van der Waals surface area contributed by atoms with Crippen molar-refractivity contribution in [3.63, 3.8) is 0 Å². The second-order valence-corrected chi connectivity index (χ2v) is 1.95. The third-order valence-corrected chi connectivity index (χ3v) is 1.30. The Morgan fingerprint density at radius 3 is 2.45 bits per heavy atom. The quantitative estimate of drug-likeness (QED) is 0.480. The maximum Gasteiger partial charge on any atom is 0.238 e. The predicted molar refractivity (Wildman–Crippen MR) is 42.0 cm³/mol. The van der Waals surface area contributed by atoms with Crippen LogP contribution in [0.25, 0.3) is 0 Å². The van der Waals surface area contributed by atoms with Crippen molar-refractivity contribution in [2.75, 3.05) is 12.2 Å². The van der Waals surface area contributed by atoms with Crippen LogP contribution in [0.4, 0.5) is 5.69 Å². The van der Waals surface area contributed by atoms with Crippen LogP contribution in [-0.2, 0) is 9.63 Å². The number of hydroxylamine groups is 1. The zero-order valence-corrected chi connectivity index (χ0v) is 6.23. The number of anilines is 1. The van der Waals surface area contributed by atoms with Crippen LogP contribution < -0.4 is 5.06 Å². The van der Waals surface area contributed by atoms with Gasteiger partial charge in [-0.2, -0.15) is 5.06 Å². The SMILES string of the molecule is CON(C=O)c1ccccc1. The lowest BCUT2D eigenvalue weighted by Crippen LogP contribution is -2.18. The minimum Gasteiger partial charge on any atom is -0.276 e. The molecule has 0 N–H and O–H groups in total. The highest BCUT2D eigenvalue weighted by atomic mass is 16.7. The van der Waals surface area contributed by atoms with Crippen LogP contribution in [0.5, 0.6) is 0 Å². The molecule has 1 aromatic carbocycles. The van der Waals surface area contributed by atoms with Gasteiger partial charge in [0.15, 0.2) is 0 Å². The normalized spacial score (nSPS) is 9.18. The minimum absolute atomic E-state index is 0.620. The van der Waals surface area contributed by atoms with Crippen LogP contribution in [0.15, 0.2) is 30.3 Å². The number of hydrogen-bond donors (Lipinski definition) is 0. The second kappa shape index (κ2) is 3.73. The van der Waals surface area contributed by atoms with Crippen LogP contribution in [0.3, 0.4) is 0 Å². The molecular weight excluding hydrogens is 142 g/mol. The highest BCUT2D eigenvalue weighted by Crippen LogP contribution is 2.10. The molecule has 0 bridgehead atoms. The smallest absolute Gasteiger partial charge is 0.238 e. The molecule has 1 aromatic rings. The number of amides is 1. The zero-order valence-electron chi connectivity index (χ0n) is 6.23. The summed E-state index contributed by atoms with van der Waals surface area (Å²) in [5.41, 5.74) is 0.727. The molecule has 3 nitrogen and oxygen atoms in total. The molecule has 1 amide bonds. The number of carbonyl (C=O) groups excluding carboxylic acids is 1. The average Bonchev–Trinajstić information content (AvgIpc) is 2.09. The molecule has 0 atom stereocenters. The molecule has 0 unspecified atom stereocenters. The molecule has 0 saturated heterocycles. The molecule has 0 heterocycles. The Morgan fingerprint density at radius 1 is 1.36 bits per heavy atom. The Morgan fingerprint density at radius 2 is 2.00 bits per heavy atom. The maximum absolute atomic E-state index is 10.3. The molecule has 0 saturated carbocycles. The van der Waals surface area contributed by atoms with Gasteiger partial charge in [0.25, 0.3) is 0 Å². The Hall–Kier alpha value is -1.35. The summed E-state index contributed by atoms with van der Waals surface area (Å²) in [5.74, 6) is 0. The van der Waals surface area contributed by atoms with Crippen molar-refractivity contribution in [3.05, 3.63) is 30.3 Å². The molecule has 0 radical (unpaired) electrons. The summed E-state index contributed by atoms with van der Waals surface area (Å²) in [6.45, 7) is 0. The van der Waals surface area contributed by atoms with E-state index in [4.69, 9.17) is 4.84 Å². The molecule has 0 aromatic heterocycles. The summed E-state index contributed by atoms with van der Waals surface area (Å²) < 4.78 is 0. The van der Waals surface area contributed by atoms with E-state index in [9.17, 15) is 4.79 Å². The Kier molecular flexibility index (Phi) is 2.63. The monoisotopic (exact) mass is 151 g/mol. The van der Waals surface area contributed by atoms with E-state index in [1.807, 2.05) is 18.2 Å². The van der Waals surface area contributed by atoms with E-state index in [0.717, 1.165) is 10.8 Å². The van der Waals surface area contributed by atoms with Crippen molar-refractivity contribution in [1.82, 2.24) is 0 Å². The fraction of sp³-hybridized carbons (Fsp3) is 0.125. The first-order valence-corrected chi connectivity index (χ1v) is 3.22. The largest absolute Gasteiger partial charge is 0.276 e. The summed E-state index contributed by atoms with van der Waals surface area (Å²) in [7, 11) is 1.45. The standard InChI is InChI=1S/C8H9NO2/c1-11-9(7-10)8-5-3-2-4-6-8/h2-7H,1H3. The summed E-state index contributed by atoms with van der Waals surface area (Å²) in [6.07, 6.45) is 0.620. The van der Waals surface area contributed by atoms with Gasteiger partial charge in [-0.05, 0) is 12.1 Å². The number of para-hydroxylation sites is 1. The zero-order chi connectivity index (χ0) is 8.10. The Labute approximate surface area is 65.2 Å². The van der Waals surface area contributed by atoms with Crippen LogP contribution in [0, 0.1) is 0 Å². The molecule has 1 rings (SSSR count). The van der Waals surface area contributed by atoms with Crippen molar-refractivity contribution in [2.24, 2.45) is 0 Å². The van der Waals surface area contributed by atoms with E-state index < -0.39 is 0 Å². The highest BCUT2D eigenvalue weighted by molar-refractivity contribution is 5.71. The van der Waals surface area contributed by atoms with Crippen LogP contribution >= 0.6 is 0 Å². The Bertz CT molecular complexity index is 223. The van der Waals surface area contributed by atoms with Crippen molar-refractivity contribution in [2.45, 2.75) is 0 Å². The molecule has 0 spiro atoms. The number of hydrogen-bond acceptors (Lipinski definition) is 2. The van der Waals surface area contributed by atoms with Crippen molar-refractivity contribution >= 4 is 12.1 Å². The summed E-state index contributed by atoms with van der Waals surface area (Å²) in [6, 6.07) is 9.13. The summed E-state index contributed by atoms with van der Waals surface area (Å²) in [5, 5.41) is 1.15. The van der Waals surface area contributed by atoms with E-state index >= 15 is 0 Å². The molecule has 0 aliphatic heterocycles. The van der Waals surface area contributed by atoms with Gasteiger partial charge >= 0.3 is 0 Å². The van der Waals surface area contributed by atoms with Crippen LogP contribution in [0.2, 0.25) is 0 Å². The predicted octanol–water partition coefficient (Wildman–Crippen LogP) is 1.21. The maximum atomic E-state index is 10.3. The lowest BCUT2D eigenvalue weighted by atomic mass is 10.3. The van der Waals surface area contributed by atoms with E-state index in [1.54, 1.807) is 12.1 Å². The number of nitrogens with zero attached hydrogens (tertiary/aromatic N) is 1. The lowest BCUT2D eigenvalue weighted by Gasteiger charge is -2.12. The first-order valence-electron chi connectivity index (χ1n) is 3.22. The van der Waals surface area contributed by atoms with Gasteiger partial charge in [-0.25, -0.2) is 0 Å². The third kappa shape index (κ3) is 1.78. The highest BCUT2D eigenvalue weighted by Gasteiger charge is 1.99. The van der Waals surface area contributed by atoms with Crippen LogP contribution in [-0.4, -0.2) is 13.5 Å². The summed E-state index contributed by atoms with van der Waals surface area (Å²) in [4.78, 5) is 15.1. The second-order valence-electron chi connectivity index (χ2n) is 1.95. The third-order valence-electron chi connectivity index (χ3n) is 1.30. The number of carbonyl (C=O) groups is 1. The van der Waals surface area contributed by atoms with Gasteiger partial charge in [0.05, 0.1) is 12.8 Å². The average molecular weight is 151 g/mol. The minimum atomic E-state index is 0.620. The molecule has 11 heavy (non-hydrogen) atoms. The van der Waals surface area contributed by atoms with Crippen molar-refractivity contribution in [3.8, 4) is 0 Å². The van der Waals surface area contributed by atoms with E-state index in [-0.39, 0.29) is 0 Å². The topological polar surface area (TPSA) is 29.5 Å². The fourth-order valence-electron chi connectivity index (χ4n) is 0.784. The first-order chi connectivity index (χ1) is 5.38. The Balaban J connectivity index is 2.82. The molecule has 3 heteroatoms. The molecule has 0 aliphatic carbocycles. The van der Waals surface area contributed by atoms with Gasteiger partial charge in [-0.1, -0.05) is 18.2 Å². The van der Waals surface area contributed by atoms with E-state index in [2.05, 4.69) is 0 Å². The van der Waals surface area contributed by atoms with E-state index in [1.165, 1.54) is 7.11 Å². The first kappa shape index (κ1) is 7.75. The van der Waals surface area contributed by atoms with Crippen molar-refractivity contribution in [1.29, 1.82) is 0 Å². The number of rotatable bonds is 3. The molecular formula is C8H9NO2. The number of benzene rings is 1. The van der Waals surface area contributed by atoms with Crippen LogP contribution in [0.1, 0.15) is 0 Å². The fourth-order valence-corrected chi connectivity index (χ4v) is 0.784. The molecule has 0 aliphatic rings. The van der Waals surface area contributed by atoms with E-state index in [0.29, 0.717) is 6.41 Å². The van der Waals surface area contributed by atoms with Gasteiger partial charge in [-0.15, -0.1) is 0 Å². The lowest BCUT2D eigenvalue weighted by molar-refractivity contribution is -0.112. The van der Waals surface area contributed by atoms with Crippen molar-refractivity contribution < 1.29 is 9.63 Å². The van der Waals surface area contributed by atoms with Gasteiger partial charge in [0.1, 0.15) is 0 Å². The summed E-state index contributed by atoms with van der Waals surface area (Å²) >= 11 is 0. The van der Waals surface area contributed by atoms with Gasteiger partial charge in [0, 0.05) is 0 Å². The molecule has 0 fully saturated rings. The van der Waals surface area contributed by atoms with Gasteiger partial charge in [0.2, 0.25) is 6.41 Å². The molecule has 58 valence electrons. The van der Waals surface area contributed by atoms with Gasteiger partial charge in [-0.3, -0.25) is 9.63 Å².